The molecule has 0 saturated heterocycles. The highest BCUT2D eigenvalue weighted by atomic mass is 32.1. The molecule has 1 heterocycles. The molecule has 1 amide bonds. The van der Waals surface area contributed by atoms with Crippen molar-refractivity contribution in [1.29, 1.82) is 0 Å². The van der Waals surface area contributed by atoms with Crippen molar-refractivity contribution >= 4 is 22.6 Å². The lowest BCUT2D eigenvalue weighted by Crippen LogP contribution is -2.38. The number of carbonyl (C=O) groups excluding carboxylic acids is 1. The predicted molar refractivity (Wildman–Crippen MR) is 69.4 cm³/mol. The van der Waals surface area contributed by atoms with Crippen LogP contribution in [0, 0.1) is 0 Å². The van der Waals surface area contributed by atoms with Gasteiger partial charge in [0, 0.05) is 24.2 Å². The van der Waals surface area contributed by atoms with Crippen molar-refractivity contribution < 1.29 is 9.53 Å². The quantitative estimate of drug-likeness (QED) is 0.869. The molecule has 17 heavy (non-hydrogen) atoms. The monoisotopic (exact) mass is 257 g/mol. The highest BCUT2D eigenvalue weighted by molar-refractivity contribution is 7.13. The lowest BCUT2D eigenvalue weighted by atomic mass is 10.2. The molecule has 0 bridgehead atoms. The Labute approximate surface area is 106 Å². The summed E-state index contributed by atoms with van der Waals surface area (Å²) in [6.45, 7) is 7.98. The Kier molecular flexibility index (Phi) is 4.74. The summed E-state index contributed by atoms with van der Waals surface area (Å²) in [6, 6.07) is 0.105. The van der Waals surface area contributed by atoms with Crippen molar-refractivity contribution in [1.82, 2.24) is 10.3 Å². The van der Waals surface area contributed by atoms with E-state index in [1.807, 2.05) is 33.1 Å². The molecule has 2 N–H and O–H groups in total. The van der Waals surface area contributed by atoms with Gasteiger partial charge < -0.3 is 15.4 Å². The van der Waals surface area contributed by atoms with Crippen LogP contribution in [0.15, 0.2) is 11.6 Å². The second-order valence-electron chi connectivity index (χ2n) is 4.77. The van der Waals surface area contributed by atoms with Crippen LogP contribution in [0.4, 0.5) is 9.93 Å². The molecule has 0 aliphatic carbocycles. The maximum atomic E-state index is 11.4. The maximum absolute atomic E-state index is 11.4. The number of aromatic nitrogens is 1. The van der Waals surface area contributed by atoms with E-state index in [-0.39, 0.29) is 6.04 Å². The van der Waals surface area contributed by atoms with Gasteiger partial charge in [0.15, 0.2) is 5.13 Å². The summed E-state index contributed by atoms with van der Waals surface area (Å²) in [5, 5.41) is 8.63. The lowest BCUT2D eigenvalue weighted by molar-refractivity contribution is 0.0526. The van der Waals surface area contributed by atoms with Gasteiger partial charge in [-0.25, -0.2) is 9.78 Å². The second-order valence-corrected chi connectivity index (χ2v) is 5.66. The van der Waals surface area contributed by atoms with E-state index in [0.717, 1.165) is 5.13 Å². The van der Waals surface area contributed by atoms with Crippen LogP contribution in [0.3, 0.4) is 0 Å². The number of thiazole rings is 1. The van der Waals surface area contributed by atoms with Crippen LogP contribution in [-0.4, -0.2) is 29.3 Å². The van der Waals surface area contributed by atoms with Crippen molar-refractivity contribution in [2.75, 3.05) is 11.9 Å². The molecule has 96 valence electrons. The molecule has 0 fully saturated rings. The first-order chi connectivity index (χ1) is 7.87. The first-order valence-corrected chi connectivity index (χ1v) is 6.37. The smallest absolute Gasteiger partial charge is 0.407 e. The number of alkyl carbamates (subject to hydrolysis) is 1. The Bertz CT molecular complexity index is 346. The zero-order valence-corrected chi connectivity index (χ0v) is 11.4. The molecule has 0 aromatic carbocycles. The SMILES string of the molecule is CC(CNC(=O)OC(C)(C)C)Nc1nccs1. The zero-order valence-electron chi connectivity index (χ0n) is 10.6. The van der Waals surface area contributed by atoms with Crippen LogP contribution < -0.4 is 10.6 Å². The third-order valence-electron chi connectivity index (χ3n) is 1.75. The molecule has 1 aromatic rings. The van der Waals surface area contributed by atoms with Gasteiger partial charge in [-0.1, -0.05) is 0 Å². The van der Waals surface area contributed by atoms with Gasteiger partial charge in [-0.15, -0.1) is 11.3 Å². The van der Waals surface area contributed by atoms with Gasteiger partial charge in [-0.2, -0.15) is 0 Å². The van der Waals surface area contributed by atoms with Crippen molar-refractivity contribution in [3.05, 3.63) is 11.6 Å². The molecule has 0 spiro atoms. The molecular formula is C11H19N3O2S. The third-order valence-corrected chi connectivity index (χ3v) is 2.46. The van der Waals surface area contributed by atoms with Crippen LogP contribution in [0.2, 0.25) is 0 Å². The Balaban J connectivity index is 2.24. The normalized spacial score (nSPS) is 12.9. The molecule has 0 saturated carbocycles. The molecule has 6 heteroatoms. The average Bonchev–Trinajstić information content (AvgIpc) is 2.64. The minimum Gasteiger partial charge on any atom is -0.444 e. The Morgan fingerprint density at radius 3 is 2.82 bits per heavy atom. The lowest BCUT2D eigenvalue weighted by Gasteiger charge is -2.21. The van der Waals surface area contributed by atoms with Crippen molar-refractivity contribution in [3.63, 3.8) is 0 Å². The van der Waals surface area contributed by atoms with Crippen LogP contribution in [-0.2, 0) is 4.74 Å². The molecule has 0 aliphatic heterocycles. The molecule has 1 aromatic heterocycles. The number of nitrogens with one attached hydrogen (secondary N) is 2. The standard InChI is InChI=1S/C11H19N3O2S/c1-8(14-9-12-5-6-17-9)7-13-10(15)16-11(2,3)4/h5-6,8H,7H2,1-4H3,(H,12,14)(H,13,15). The summed E-state index contributed by atoms with van der Waals surface area (Å²) in [5.74, 6) is 0. The van der Waals surface area contributed by atoms with Crippen LogP contribution >= 0.6 is 11.3 Å². The number of carbonyl (C=O) groups is 1. The topological polar surface area (TPSA) is 63.2 Å². The zero-order chi connectivity index (χ0) is 12.9. The van der Waals surface area contributed by atoms with Crippen LogP contribution in [0.1, 0.15) is 27.7 Å². The van der Waals surface area contributed by atoms with Gasteiger partial charge in [-0.3, -0.25) is 0 Å². The van der Waals surface area contributed by atoms with E-state index in [9.17, 15) is 4.79 Å². The highest BCUT2D eigenvalue weighted by Crippen LogP contribution is 2.11. The van der Waals surface area contributed by atoms with Crippen molar-refractivity contribution in [2.45, 2.75) is 39.3 Å². The summed E-state index contributed by atoms with van der Waals surface area (Å²) in [5.41, 5.74) is -0.462. The summed E-state index contributed by atoms with van der Waals surface area (Å²) in [6.07, 6.45) is 1.34. The first-order valence-electron chi connectivity index (χ1n) is 5.50. The van der Waals surface area contributed by atoms with Gasteiger partial charge in [0.25, 0.3) is 0 Å². The minimum atomic E-state index is -0.462. The number of anilines is 1. The highest BCUT2D eigenvalue weighted by Gasteiger charge is 2.16. The van der Waals surface area contributed by atoms with E-state index in [1.165, 1.54) is 11.3 Å². The van der Waals surface area contributed by atoms with Crippen LogP contribution in [0.25, 0.3) is 0 Å². The van der Waals surface area contributed by atoms with Crippen LogP contribution in [0.5, 0.6) is 0 Å². The molecule has 1 atom stereocenters. The van der Waals surface area contributed by atoms with Gasteiger partial charge >= 0.3 is 6.09 Å². The van der Waals surface area contributed by atoms with E-state index in [2.05, 4.69) is 15.6 Å². The molecule has 1 unspecified atom stereocenters. The predicted octanol–water partition coefficient (Wildman–Crippen LogP) is 2.47. The summed E-state index contributed by atoms with van der Waals surface area (Å²) in [7, 11) is 0. The number of rotatable bonds is 4. The van der Waals surface area contributed by atoms with E-state index in [1.54, 1.807) is 6.20 Å². The molecule has 0 radical (unpaired) electrons. The summed E-state index contributed by atoms with van der Waals surface area (Å²) < 4.78 is 5.13. The fourth-order valence-corrected chi connectivity index (χ4v) is 1.75. The van der Waals surface area contributed by atoms with E-state index >= 15 is 0 Å². The van der Waals surface area contributed by atoms with E-state index in [0.29, 0.717) is 6.54 Å². The van der Waals surface area contributed by atoms with Crippen molar-refractivity contribution in [2.24, 2.45) is 0 Å². The van der Waals surface area contributed by atoms with Gasteiger partial charge in [0.05, 0.1) is 0 Å². The fourth-order valence-electron chi connectivity index (χ4n) is 1.11. The average molecular weight is 257 g/mol. The molecule has 1 rings (SSSR count). The van der Waals surface area contributed by atoms with Gasteiger partial charge in [-0.05, 0) is 27.7 Å². The Morgan fingerprint density at radius 1 is 1.59 bits per heavy atom. The van der Waals surface area contributed by atoms with Gasteiger partial charge in [0.2, 0.25) is 0 Å². The maximum Gasteiger partial charge on any atom is 0.407 e. The number of hydrogen-bond donors (Lipinski definition) is 2. The second kappa shape index (κ2) is 5.86. The third kappa shape index (κ3) is 6.11. The Hall–Kier alpha value is -1.30. The Morgan fingerprint density at radius 2 is 2.29 bits per heavy atom. The summed E-state index contributed by atoms with van der Waals surface area (Å²) >= 11 is 1.53. The van der Waals surface area contributed by atoms with Crippen molar-refractivity contribution in [3.8, 4) is 0 Å². The van der Waals surface area contributed by atoms with Gasteiger partial charge in [0.1, 0.15) is 5.60 Å². The minimum absolute atomic E-state index is 0.105. The first kappa shape index (κ1) is 13.8. The number of nitrogens with zero attached hydrogens (tertiary/aromatic N) is 1. The summed E-state index contributed by atoms with van der Waals surface area (Å²) in [4.78, 5) is 15.5. The molecular weight excluding hydrogens is 238 g/mol. The number of ether oxygens (including phenoxy) is 1. The number of amides is 1. The largest absolute Gasteiger partial charge is 0.444 e. The van der Waals surface area contributed by atoms with E-state index in [4.69, 9.17) is 4.74 Å². The number of hydrogen-bond acceptors (Lipinski definition) is 5. The molecule has 0 aliphatic rings. The van der Waals surface area contributed by atoms with E-state index < -0.39 is 11.7 Å². The molecule has 5 nitrogen and oxygen atoms in total. The fraction of sp³-hybridized carbons (Fsp3) is 0.636.